The molecule has 1 nitrogen and oxygen atoms in total. The lowest BCUT2D eigenvalue weighted by Gasteiger charge is -2.09. The molecule has 1 heterocycles. The third kappa shape index (κ3) is 1.63. The molecule has 1 aliphatic rings. The number of aryl methyl sites for hydroxylation is 1. The van der Waals surface area contributed by atoms with Gasteiger partial charge in [-0.25, -0.2) is 0 Å². The van der Waals surface area contributed by atoms with E-state index in [9.17, 15) is 0 Å². The minimum atomic E-state index is 0.776. The molecule has 0 saturated heterocycles. The van der Waals surface area contributed by atoms with E-state index >= 15 is 0 Å². The number of aromatic nitrogens is 1. The van der Waals surface area contributed by atoms with Gasteiger partial charge in [-0.1, -0.05) is 30.3 Å². The van der Waals surface area contributed by atoms with Crippen LogP contribution in [-0.4, -0.2) is 4.98 Å². The largest absolute Gasteiger partial charge is 0.256 e. The number of hydrogen-bond donors (Lipinski definition) is 0. The van der Waals surface area contributed by atoms with E-state index in [1.54, 1.807) is 0 Å². The van der Waals surface area contributed by atoms with Crippen molar-refractivity contribution in [3.8, 4) is 11.3 Å². The summed E-state index contributed by atoms with van der Waals surface area (Å²) in [5.41, 5.74) is 5.20. The molecule has 16 heavy (non-hydrogen) atoms. The zero-order valence-electron chi connectivity index (χ0n) is 9.48. The first kappa shape index (κ1) is 9.59. The maximum atomic E-state index is 4.52. The van der Waals surface area contributed by atoms with E-state index in [0.717, 1.165) is 11.6 Å². The van der Waals surface area contributed by atoms with Crippen LogP contribution in [0.2, 0.25) is 0 Å². The highest BCUT2D eigenvalue weighted by Crippen LogP contribution is 2.44. The predicted molar refractivity (Wildman–Crippen MR) is 66.4 cm³/mol. The second kappa shape index (κ2) is 3.75. The maximum absolute atomic E-state index is 4.52. The quantitative estimate of drug-likeness (QED) is 0.730. The molecule has 1 fully saturated rings. The number of nitrogens with zero attached hydrogens (tertiary/aromatic N) is 1. The van der Waals surface area contributed by atoms with E-state index in [2.05, 4.69) is 42.2 Å². The normalized spacial score (nSPS) is 15.1. The van der Waals surface area contributed by atoms with Crippen LogP contribution in [0.25, 0.3) is 11.3 Å². The fraction of sp³-hybridized carbons (Fsp3) is 0.267. The molecule has 2 aromatic rings. The van der Waals surface area contributed by atoms with Crippen LogP contribution in [0.15, 0.2) is 42.6 Å². The van der Waals surface area contributed by atoms with Gasteiger partial charge in [-0.05, 0) is 42.9 Å². The Balaban J connectivity index is 2.15. The summed E-state index contributed by atoms with van der Waals surface area (Å²) in [6, 6.07) is 12.8. The monoisotopic (exact) mass is 209 g/mol. The van der Waals surface area contributed by atoms with Crippen molar-refractivity contribution in [2.24, 2.45) is 0 Å². The summed E-state index contributed by atoms with van der Waals surface area (Å²) in [6.45, 7) is 2.13. The van der Waals surface area contributed by atoms with Gasteiger partial charge in [-0.15, -0.1) is 0 Å². The molecule has 1 aliphatic carbocycles. The standard InChI is InChI=1S/C15H15N/c1-11-5-4-10-16-15(11)14-7-3-2-6-13(14)12-8-9-12/h2-7,10,12H,8-9H2,1H3. The van der Waals surface area contributed by atoms with Crippen molar-refractivity contribution in [1.29, 1.82) is 0 Å². The summed E-state index contributed by atoms with van der Waals surface area (Å²) in [5, 5.41) is 0. The lowest BCUT2D eigenvalue weighted by atomic mass is 9.98. The lowest BCUT2D eigenvalue weighted by molar-refractivity contribution is 1.12. The van der Waals surface area contributed by atoms with Crippen molar-refractivity contribution in [3.05, 3.63) is 53.7 Å². The van der Waals surface area contributed by atoms with E-state index < -0.39 is 0 Å². The summed E-state index contributed by atoms with van der Waals surface area (Å²) in [5.74, 6) is 0.776. The molecule has 0 amide bonds. The second-order valence-electron chi connectivity index (χ2n) is 4.53. The highest BCUT2D eigenvalue weighted by Gasteiger charge is 2.26. The topological polar surface area (TPSA) is 12.9 Å². The molecule has 0 radical (unpaired) electrons. The van der Waals surface area contributed by atoms with Crippen LogP contribution in [0.4, 0.5) is 0 Å². The summed E-state index contributed by atoms with van der Waals surface area (Å²) < 4.78 is 0. The van der Waals surface area contributed by atoms with Crippen LogP contribution >= 0.6 is 0 Å². The summed E-state index contributed by atoms with van der Waals surface area (Å²) in [4.78, 5) is 4.52. The van der Waals surface area contributed by atoms with Crippen LogP contribution in [0.1, 0.15) is 29.9 Å². The molecule has 1 heteroatoms. The Bertz CT molecular complexity index is 512. The van der Waals surface area contributed by atoms with Crippen molar-refractivity contribution in [3.63, 3.8) is 0 Å². The van der Waals surface area contributed by atoms with Crippen LogP contribution < -0.4 is 0 Å². The van der Waals surface area contributed by atoms with E-state index in [-0.39, 0.29) is 0 Å². The van der Waals surface area contributed by atoms with Crippen molar-refractivity contribution < 1.29 is 0 Å². The first-order valence-electron chi connectivity index (χ1n) is 5.87. The molecule has 1 aromatic carbocycles. The molecule has 1 aromatic heterocycles. The first-order valence-corrected chi connectivity index (χ1v) is 5.87. The van der Waals surface area contributed by atoms with E-state index in [1.165, 1.54) is 29.5 Å². The average Bonchev–Trinajstić information content (AvgIpc) is 3.14. The van der Waals surface area contributed by atoms with Crippen LogP contribution in [-0.2, 0) is 0 Å². The molecule has 3 rings (SSSR count). The van der Waals surface area contributed by atoms with Gasteiger partial charge in [0, 0.05) is 11.8 Å². The predicted octanol–water partition coefficient (Wildman–Crippen LogP) is 3.93. The number of rotatable bonds is 2. The fourth-order valence-electron chi connectivity index (χ4n) is 2.23. The smallest absolute Gasteiger partial charge is 0.0733 e. The van der Waals surface area contributed by atoms with Crippen molar-refractivity contribution in [2.75, 3.05) is 0 Å². The lowest BCUT2D eigenvalue weighted by Crippen LogP contribution is -1.92. The Morgan fingerprint density at radius 1 is 1.06 bits per heavy atom. The van der Waals surface area contributed by atoms with Gasteiger partial charge in [0.25, 0.3) is 0 Å². The third-order valence-corrected chi connectivity index (χ3v) is 3.24. The zero-order valence-corrected chi connectivity index (χ0v) is 9.48. The molecule has 0 aliphatic heterocycles. The van der Waals surface area contributed by atoms with Gasteiger partial charge in [0.1, 0.15) is 0 Å². The SMILES string of the molecule is Cc1cccnc1-c1ccccc1C1CC1. The second-order valence-corrected chi connectivity index (χ2v) is 4.53. The van der Waals surface area contributed by atoms with Gasteiger partial charge < -0.3 is 0 Å². The first-order chi connectivity index (χ1) is 7.86. The highest BCUT2D eigenvalue weighted by atomic mass is 14.7. The molecule has 0 N–H and O–H groups in total. The van der Waals surface area contributed by atoms with Crippen molar-refractivity contribution >= 4 is 0 Å². The van der Waals surface area contributed by atoms with E-state index in [0.29, 0.717) is 0 Å². The van der Waals surface area contributed by atoms with E-state index in [4.69, 9.17) is 0 Å². The zero-order chi connectivity index (χ0) is 11.0. The molecule has 0 atom stereocenters. The van der Waals surface area contributed by atoms with Gasteiger partial charge >= 0.3 is 0 Å². The number of benzene rings is 1. The Labute approximate surface area is 96.2 Å². The molecular formula is C15H15N. The van der Waals surface area contributed by atoms with Gasteiger partial charge in [0.05, 0.1) is 5.69 Å². The summed E-state index contributed by atoms with van der Waals surface area (Å²) >= 11 is 0. The molecule has 0 bridgehead atoms. The summed E-state index contributed by atoms with van der Waals surface area (Å²) in [6.07, 6.45) is 4.55. The highest BCUT2D eigenvalue weighted by molar-refractivity contribution is 5.67. The van der Waals surface area contributed by atoms with Crippen molar-refractivity contribution in [1.82, 2.24) is 4.98 Å². The Kier molecular flexibility index (Phi) is 2.24. The molecule has 1 saturated carbocycles. The Morgan fingerprint density at radius 3 is 2.62 bits per heavy atom. The minimum Gasteiger partial charge on any atom is -0.256 e. The van der Waals surface area contributed by atoms with Gasteiger partial charge in [0.15, 0.2) is 0 Å². The van der Waals surface area contributed by atoms with Crippen molar-refractivity contribution in [2.45, 2.75) is 25.7 Å². The number of pyridine rings is 1. The fourth-order valence-corrected chi connectivity index (χ4v) is 2.23. The van der Waals surface area contributed by atoms with Crippen LogP contribution in [0.3, 0.4) is 0 Å². The Morgan fingerprint density at radius 2 is 1.88 bits per heavy atom. The molecule has 0 unspecified atom stereocenters. The Hall–Kier alpha value is -1.63. The van der Waals surface area contributed by atoms with Gasteiger partial charge in [0.2, 0.25) is 0 Å². The van der Waals surface area contributed by atoms with Crippen LogP contribution in [0, 0.1) is 6.92 Å². The summed E-state index contributed by atoms with van der Waals surface area (Å²) in [7, 11) is 0. The van der Waals surface area contributed by atoms with E-state index in [1.807, 2.05) is 12.3 Å². The molecule has 0 spiro atoms. The average molecular weight is 209 g/mol. The molecule has 80 valence electrons. The maximum Gasteiger partial charge on any atom is 0.0733 e. The third-order valence-electron chi connectivity index (χ3n) is 3.24. The van der Waals surface area contributed by atoms with Crippen LogP contribution in [0.5, 0.6) is 0 Å². The van der Waals surface area contributed by atoms with Gasteiger partial charge in [-0.3, -0.25) is 4.98 Å². The molecular weight excluding hydrogens is 194 g/mol. The number of hydrogen-bond acceptors (Lipinski definition) is 1. The minimum absolute atomic E-state index is 0.776. The van der Waals surface area contributed by atoms with Gasteiger partial charge in [-0.2, -0.15) is 0 Å².